The lowest BCUT2D eigenvalue weighted by molar-refractivity contribution is -0.132. The molecule has 0 aromatic heterocycles. The summed E-state index contributed by atoms with van der Waals surface area (Å²) in [4.78, 5) is 13.5. The van der Waals surface area contributed by atoms with Crippen molar-refractivity contribution >= 4 is 28.5 Å². The van der Waals surface area contributed by atoms with Crippen molar-refractivity contribution in [3.63, 3.8) is 0 Å². The van der Waals surface area contributed by atoms with Crippen molar-refractivity contribution in [2.45, 2.75) is 32.1 Å². The fourth-order valence-electron chi connectivity index (χ4n) is 1.52. The van der Waals surface area contributed by atoms with Crippen LogP contribution in [-0.4, -0.2) is 28.3 Å². The van der Waals surface area contributed by atoms with Crippen molar-refractivity contribution in [2.75, 3.05) is 17.5 Å². The van der Waals surface area contributed by atoms with Gasteiger partial charge in [0.15, 0.2) is 0 Å². The van der Waals surface area contributed by atoms with Gasteiger partial charge in [-0.2, -0.15) is 0 Å². The monoisotopic (exact) mass is 281 g/mol. The number of halogens is 1. The molecule has 0 aromatic carbocycles. The molecule has 12 heavy (non-hydrogen) atoms. The van der Waals surface area contributed by atoms with Crippen molar-refractivity contribution in [3.8, 4) is 0 Å². The number of rotatable bonds is 3. The molecule has 3 heteroatoms. The second-order valence-corrected chi connectivity index (χ2v) is 4.31. The van der Waals surface area contributed by atoms with Gasteiger partial charge >= 0.3 is 0 Å². The summed E-state index contributed by atoms with van der Waals surface area (Å²) in [5.74, 6) is 0.367. The van der Waals surface area contributed by atoms with Crippen LogP contribution in [0.4, 0.5) is 0 Å². The number of hydrogen-bond acceptors (Lipinski definition) is 1. The summed E-state index contributed by atoms with van der Waals surface area (Å²) >= 11 is 2.32. The maximum atomic E-state index is 11.5. The molecule has 1 rings (SSSR count). The first-order chi connectivity index (χ1) is 5.84. The molecule has 0 aliphatic carbocycles. The zero-order valence-electron chi connectivity index (χ0n) is 7.39. The summed E-state index contributed by atoms with van der Waals surface area (Å²) in [6.07, 6.45) is 5.50. The van der Waals surface area contributed by atoms with E-state index in [9.17, 15) is 4.79 Å². The summed E-state index contributed by atoms with van der Waals surface area (Å²) in [7, 11) is 0. The van der Waals surface area contributed by atoms with Gasteiger partial charge in [0.05, 0.1) is 0 Å². The van der Waals surface area contributed by atoms with Gasteiger partial charge in [0.25, 0.3) is 0 Å². The van der Waals surface area contributed by atoms with Crippen LogP contribution in [0.2, 0.25) is 0 Å². The van der Waals surface area contributed by atoms with E-state index in [4.69, 9.17) is 0 Å². The van der Waals surface area contributed by atoms with Gasteiger partial charge in [-0.25, -0.2) is 0 Å². The lowest BCUT2D eigenvalue weighted by atomic mass is 10.1. The Morgan fingerprint density at radius 3 is 2.50 bits per heavy atom. The molecule has 0 unspecified atom stereocenters. The van der Waals surface area contributed by atoms with Crippen LogP contribution in [0.3, 0.4) is 0 Å². The van der Waals surface area contributed by atoms with E-state index < -0.39 is 0 Å². The standard InChI is InChI=1S/C9H16INO/c10-6-4-5-9(12)11-7-2-1-3-8-11/h1-8H2. The maximum Gasteiger partial charge on any atom is 0.222 e. The third kappa shape index (κ3) is 3.29. The highest BCUT2D eigenvalue weighted by atomic mass is 127. The van der Waals surface area contributed by atoms with Gasteiger partial charge in [-0.15, -0.1) is 0 Å². The van der Waals surface area contributed by atoms with E-state index in [-0.39, 0.29) is 0 Å². The molecule has 0 radical (unpaired) electrons. The SMILES string of the molecule is O=C(CCCI)N1CCCCC1. The van der Waals surface area contributed by atoms with E-state index in [1.807, 2.05) is 4.90 Å². The van der Waals surface area contributed by atoms with Gasteiger partial charge in [0.2, 0.25) is 5.91 Å². The third-order valence-corrected chi connectivity index (χ3v) is 3.00. The topological polar surface area (TPSA) is 20.3 Å². The highest BCUT2D eigenvalue weighted by Gasteiger charge is 2.14. The summed E-state index contributed by atoms with van der Waals surface area (Å²) in [5.41, 5.74) is 0. The Labute approximate surface area is 87.8 Å². The molecule has 0 atom stereocenters. The zero-order valence-corrected chi connectivity index (χ0v) is 9.55. The second kappa shape index (κ2) is 5.78. The molecular weight excluding hydrogens is 265 g/mol. The molecule has 0 bridgehead atoms. The Kier molecular flexibility index (Phi) is 4.95. The van der Waals surface area contributed by atoms with E-state index in [1.54, 1.807) is 0 Å². The fraction of sp³-hybridized carbons (Fsp3) is 0.889. The first kappa shape index (κ1) is 10.3. The zero-order chi connectivity index (χ0) is 8.81. The van der Waals surface area contributed by atoms with Crippen LogP contribution in [-0.2, 0) is 4.79 Å². The second-order valence-electron chi connectivity index (χ2n) is 3.23. The fourth-order valence-corrected chi connectivity index (χ4v) is 1.90. The van der Waals surface area contributed by atoms with Crippen LogP contribution in [0, 0.1) is 0 Å². The van der Waals surface area contributed by atoms with Gasteiger partial charge in [-0.1, -0.05) is 22.6 Å². The minimum atomic E-state index is 0.367. The number of carbonyl (C=O) groups is 1. The minimum Gasteiger partial charge on any atom is -0.343 e. The van der Waals surface area contributed by atoms with Gasteiger partial charge in [-0.3, -0.25) is 4.79 Å². The van der Waals surface area contributed by atoms with Crippen LogP contribution in [0.25, 0.3) is 0 Å². The van der Waals surface area contributed by atoms with Crippen molar-refractivity contribution < 1.29 is 4.79 Å². The van der Waals surface area contributed by atoms with Crippen LogP contribution in [0.15, 0.2) is 0 Å². The Bertz CT molecular complexity index is 143. The molecule has 2 nitrogen and oxygen atoms in total. The molecule has 70 valence electrons. The predicted octanol–water partition coefficient (Wildman–Crippen LogP) is 2.21. The number of hydrogen-bond donors (Lipinski definition) is 0. The summed E-state index contributed by atoms with van der Waals surface area (Å²) < 4.78 is 1.09. The first-order valence-corrected chi connectivity index (χ1v) is 6.21. The molecule has 0 spiro atoms. The highest BCUT2D eigenvalue weighted by Crippen LogP contribution is 2.10. The normalized spacial score (nSPS) is 17.9. The largest absolute Gasteiger partial charge is 0.343 e. The average molecular weight is 281 g/mol. The van der Waals surface area contributed by atoms with Gasteiger partial charge in [0, 0.05) is 23.9 Å². The van der Waals surface area contributed by atoms with Crippen LogP contribution < -0.4 is 0 Å². The summed E-state index contributed by atoms with van der Waals surface area (Å²) in [6, 6.07) is 0. The van der Waals surface area contributed by atoms with Gasteiger partial charge in [-0.05, 0) is 25.7 Å². The summed E-state index contributed by atoms with van der Waals surface area (Å²) in [6.45, 7) is 2.00. The molecule has 0 N–H and O–H groups in total. The smallest absolute Gasteiger partial charge is 0.222 e. The van der Waals surface area contributed by atoms with E-state index >= 15 is 0 Å². The first-order valence-electron chi connectivity index (χ1n) is 4.68. The van der Waals surface area contributed by atoms with Gasteiger partial charge < -0.3 is 4.90 Å². The molecule has 1 heterocycles. The number of alkyl halides is 1. The van der Waals surface area contributed by atoms with Crippen molar-refractivity contribution in [2.24, 2.45) is 0 Å². The number of carbonyl (C=O) groups excluding carboxylic acids is 1. The van der Waals surface area contributed by atoms with E-state index in [1.165, 1.54) is 19.3 Å². The Hall–Kier alpha value is 0.200. The molecule has 0 aromatic rings. The van der Waals surface area contributed by atoms with Crippen LogP contribution in [0.1, 0.15) is 32.1 Å². The molecular formula is C9H16INO. The molecule has 0 saturated carbocycles. The van der Waals surface area contributed by atoms with Crippen LogP contribution in [0.5, 0.6) is 0 Å². The van der Waals surface area contributed by atoms with Crippen molar-refractivity contribution in [1.82, 2.24) is 4.90 Å². The average Bonchev–Trinajstić information content (AvgIpc) is 2.15. The molecule has 1 fully saturated rings. The third-order valence-electron chi connectivity index (χ3n) is 2.23. The quantitative estimate of drug-likeness (QED) is 0.574. The predicted molar refractivity (Wildman–Crippen MR) is 58.6 cm³/mol. The molecule has 1 aliphatic rings. The van der Waals surface area contributed by atoms with Crippen LogP contribution >= 0.6 is 22.6 Å². The van der Waals surface area contributed by atoms with E-state index in [0.717, 1.165) is 30.4 Å². The molecule has 1 saturated heterocycles. The Morgan fingerprint density at radius 1 is 1.25 bits per heavy atom. The van der Waals surface area contributed by atoms with Crippen molar-refractivity contribution in [1.29, 1.82) is 0 Å². The van der Waals surface area contributed by atoms with E-state index in [2.05, 4.69) is 22.6 Å². The number of amides is 1. The number of nitrogens with zero attached hydrogens (tertiary/aromatic N) is 1. The Morgan fingerprint density at radius 2 is 1.92 bits per heavy atom. The number of piperidine rings is 1. The Balaban J connectivity index is 2.20. The minimum absolute atomic E-state index is 0.367. The highest BCUT2D eigenvalue weighted by molar-refractivity contribution is 14.1. The summed E-state index contributed by atoms with van der Waals surface area (Å²) in [5, 5.41) is 0. The van der Waals surface area contributed by atoms with Crippen molar-refractivity contribution in [3.05, 3.63) is 0 Å². The molecule has 1 amide bonds. The molecule has 1 aliphatic heterocycles. The lowest BCUT2D eigenvalue weighted by Gasteiger charge is -2.26. The van der Waals surface area contributed by atoms with E-state index in [0.29, 0.717) is 5.91 Å². The maximum absolute atomic E-state index is 11.5. The van der Waals surface area contributed by atoms with Gasteiger partial charge in [0.1, 0.15) is 0 Å². The number of likely N-dealkylation sites (tertiary alicyclic amines) is 1. The lowest BCUT2D eigenvalue weighted by Crippen LogP contribution is -2.35.